The smallest absolute Gasteiger partial charge is 0.279 e. The molecule has 1 aromatic heterocycles. The highest BCUT2D eigenvalue weighted by atomic mass is 35.5. The fraction of sp³-hybridized carbons (Fsp3) is 0.273. The van der Waals surface area contributed by atoms with Crippen molar-refractivity contribution >= 4 is 28.8 Å². The molecule has 0 bridgehead atoms. The van der Waals surface area contributed by atoms with E-state index in [1.165, 1.54) is 4.57 Å². The number of nitrogens with zero attached hydrogens (tertiary/aromatic N) is 2. The summed E-state index contributed by atoms with van der Waals surface area (Å²) in [6.45, 7) is -0.572. The lowest BCUT2D eigenvalue weighted by Gasteiger charge is -2.40. The van der Waals surface area contributed by atoms with Crippen molar-refractivity contribution < 1.29 is 30.0 Å². The van der Waals surface area contributed by atoms with E-state index in [1.807, 2.05) is 0 Å². The molecule has 2 aromatic carbocycles. The number of aliphatic hydroxyl groups excluding tert-OH is 4. The molecule has 0 aliphatic carbocycles. The molecule has 2 heterocycles. The van der Waals surface area contributed by atoms with Crippen LogP contribution in [-0.4, -0.2) is 61.9 Å². The predicted molar refractivity (Wildman–Crippen MR) is 118 cm³/mol. The van der Waals surface area contributed by atoms with E-state index in [9.17, 15) is 25.2 Å². The van der Waals surface area contributed by atoms with Crippen molar-refractivity contribution in [3.63, 3.8) is 0 Å². The van der Waals surface area contributed by atoms with Crippen LogP contribution in [-0.2, 0) is 4.74 Å². The van der Waals surface area contributed by atoms with E-state index in [2.05, 4.69) is 4.99 Å². The van der Waals surface area contributed by atoms with Crippen LogP contribution in [0.2, 0.25) is 5.02 Å². The summed E-state index contributed by atoms with van der Waals surface area (Å²) in [6, 6.07) is 15.4. The van der Waals surface area contributed by atoms with Gasteiger partial charge in [0.05, 0.1) is 12.3 Å². The van der Waals surface area contributed by atoms with Crippen molar-refractivity contribution in [2.75, 3.05) is 6.61 Å². The minimum absolute atomic E-state index is 0.216. The number of aromatic nitrogens is 1. The molecule has 0 radical (unpaired) electrons. The summed E-state index contributed by atoms with van der Waals surface area (Å²) in [6.07, 6.45) is -6.95. The number of aliphatic hydroxyl groups is 4. The first-order valence-corrected chi connectivity index (χ1v) is 11.1. The van der Waals surface area contributed by atoms with Gasteiger partial charge in [0.25, 0.3) is 5.91 Å². The Labute approximate surface area is 192 Å². The van der Waals surface area contributed by atoms with Crippen LogP contribution in [0.4, 0.5) is 0 Å². The second-order valence-electron chi connectivity index (χ2n) is 7.28. The van der Waals surface area contributed by atoms with Gasteiger partial charge in [-0.1, -0.05) is 41.9 Å². The van der Waals surface area contributed by atoms with E-state index in [-0.39, 0.29) is 4.80 Å². The quantitative estimate of drug-likeness (QED) is 0.453. The lowest BCUT2D eigenvalue weighted by molar-refractivity contribution is -0.251. The van der Waals surface area contributed by atoms with E-state index >= 15 is 0 Å². The van der Waals surface area contributed by atoms with Crippen LogP contribution in [0, 0.1) is 0 Å². The SMILES string of the molecule is O=C(N=c1scc(-c2ccc(Cl)cc2)n1[C@@H]1O[C@H](CO)[C@@H](O)[C@H](O)[C@H]1O)c1ccccc1. The Morgan fingerprint density at radius 1 is 1.03 bits per heavy atom. The monoisotopic (exact) mass is 476 g/mol. The fourth-order valence-electron chi connectivity index (χ4n) is 3.51. The third kappa shape index (κ3) is 4.41. The number of thiazole rings is 1. The average Bonchev–Trinajstić information content (AvgIpc) is 3.22. The molecule has 1 aliphatic heterocycles. The van der Waals surface area contributed by atoms with Gasteiger partial charge in [-0.25, -0.2) is 0 Å². The zero-order valence-corrected chi connectivity index (χ0v) is 18.2. The third-order valence-corrected chi connectivity index (χ3v) is 6.31. The number of halogens is 1. The summed E-state index contributed by atoms with van der Waals surface area (Å²) in [5.74, 6) is -0.492. The number of hydrogen-bond donors (Lipinski definition) is 4. The van der Waals surface area contributed by atoms with Gasteiger partial charge in [0.1, 0.15) is 24.4 Å². The molecule has 5 atom stereocenters. The average molecular weight is 477 g/mol. The molecular formula is C22H21ClN2O6S. The highest BCUT2D eigenvalue weighted by Crippen LogP contribution is 2.32. The molecule has 1 amide bonds. The van der Waals surface area contributed by atoms with Crippen LogP contribution in [0.25, 0.3) is 11.3 Å². The van der Waals surface area contributed by atoms with Gasteiger partial charge >= 0.3 is 0 Å². The van der Waals surface area contributed by atoms with E-state index in [0.717, 1.165) is 11.3 Å². The molecule has 4 rings (SSSR count). The highest BCUT2D eigenvalue weighted by Gasteiger charge is 2.45. The van der Waals surface area contributed by atoms with Gasteiger partial charge in [-0.15, -0.1) is 11.3 Å². The van der Waals surface area contributed by atoms with Crippen LogP contribution >= 0.6 is 22.9 Å². The molecule has 0 spiro atoms. The predicted octanol–water partition coefficient (Wildman–Crippen LogP) is 1.58. The number of benzene rings is 2. The Morgan fingerprint density at radius 2 is 1.72 bits per heavy atom. The Kier molecular flexibility index (Phi) is 6.87. The van der Waals surface area contributed by atoms with Crippen molar-refractivity contribution in [1.29, 1.82) is 0 Å². The number of carbonyl (C=O) groups is 1. The van der Waals surface area contributed by atoms with Gasteiger partial charge in [-0.3, -0.25) is 9.36 Å². The first-order valence-electron chi connectivity index (χ1n) is 9.81. The van der Waals surface area contributed by atoms with Gasteiger partial charge in [0, 0.05) is 16.0 Å². The summed E-state index contributed by atoms with van der Waals surface area (Å²) in [7, 11) is 0. The third-order valence-electron chi connectivity index (χ3n) is 5.22. The Hall–Kier alpha value is -2.37. The summed E-state index contributed by atoms with van der Waals surface area (Å²) in [5.41, 5.74) is 1.64. The highest BCUT2D eigenvalue weighted by molar-refractivity contribution is 7.07. The van der Waals surface area contributed by atoms with Crippen LogP contribution in [0.5, 0.6) is 0 Å². The summed E-state index contributed by atoms with van der Waals surface area (Å²) < 4.78 is 7.23. The lowest BCUT2D eigenvalue weighted by Crippen LogP contribution is -2.57. The van der Waals surface area contributed by atoms with E-state index < -0.39 is 43.2 Å². The van der Waals surface area contributed by atoms with Gasteiger partial charge < -0.3 is 25.2 Å². The van der Waals surface area contributed by atoms with Crippen molar-refractivity contribution in [3.05, 3.63) is 75.4 Å². The van der Waals surface area contributed by atoms with Gasteiger partial charge in [0.15, 0.2) is 11.0 Å². The first-order chi connectivity index (χ1) is 15.4. The molecule has 168 valence electrons. The summed E-state index contributed by atoms with van der Waals surface area (Å²) in [4.78, 5) is 17.2. The first kappa shape index (κ1) is 22.8. The van der Waals surface area contributed by atoms with Crippen LogP contribution < -0.4 is 4.80 Å². The normalized spacial score (nSPS) is 26.3. The number of rotatable bonds is 4. The van der Waals surface area contributed by atoms with Crippen LogP contribution in [0.15, 0.2) is 65.0 Å². The van der Waals surface area contributed by atoms with Crippen molar-refractivity contribution in [2.24, 2.45) is 4.99 Å². The van der Waals surface area contributed by atoms with Crippen molar-refractivity contribution in [3.8, 4) is 11.3 Å². The fourth-order valence-corrected chi connectivity index (χ4v) is 4.55. The molecule has 1 fully saturated rings. The number of ether oxygens (including phenoxy) is 1. The number of amides is 1. The molecule has 0 saturated carbocycles. The van der Waals surface area contributed by atoms with Gasteiger partial charge in [-0.2, -0.15) is 4.99 Å². The Balaban J connectivity index is 1.86. The van der Waals surface area contributed by atoms with Crippen molar-refractivity contribution in [2.45, 2.75) is 30.6 Å². The standard InChI is InChI=1S/C22H21ClN2O6S/c23-14-8-6-12(7-9-14)15-11-32-22(24-20(30)13-4-2-1-3-5-13)25(15)21-19(29)18(28)17(27)16(10-26)31-21/h1-9,11,16-19,21,26-29H,10H2/t16-,17-,18+,19-,21-/m1/s1. The molecule has 1 saturated heterocycles. The summed E-state index contributed by atoms with van der Waals surface area (Å²) >= 11 is 7.15. The zero-order chi connectivity index (χ0) is 22.8. The maximum atomic E-state index is 12.7. The molecule has 0 unspecified atom stereocenters. The van der Waals surface area contributed by atoms with E-state index in [4.69, 9.17) is 16.3 Å². The maximum absolute atomic E-state index is 12.7. The number of hydrogen-bond acceptors (Lipinski definition) is 7. The number of carbonyl (C=O) groups excluding carboxylic acids is 1. The van der Waals surface area contributed by atoms with Crippen LogP contribution in [0.3, 0.4) is 0 Å². The molecule has 1 aliphatic rings. The second kappa shape index (κ2) is 9.63. The minimum Gasteiger partial charge on any atom is -0.394 e. The molecule has 4 N–H and O–H groups in total. The molecule has 10 heteroatoms. The zero-order valence-electron chi connectivity index (χ0n) is 16.7. The lowest BCUT2D eigenvalue weighted by atomic mass is 9.98. The Bertz CT molecular complexity index is 1150. The van der Waals surface area contributed by atoms with Crippen molar-refractivity contribution in [1.82, 2.24) is 4.57 Å². The van der Waals surface area contributed by atoms with E-state index in [1.54, 1.807) is 60.0 Å². The van der Waals surface area contributed by atoms with Crippen LogP contribution in [0.1, 0.15) is 16.6 Å². The van der Waals surface area contributed by atoms with Gasteiger partial charge in [-0.05, 0) is 29.8 Å². The molecule has 3 aromatic rings. The van der Waals surface area contributed by atoms with E-state index in [0.29, 0.717) is 21.8 Å². The summed E-state index contributed by atoms with van der Waals surface area (Å²) in [5, 5.41) is 43.0. The largest absolute Gasteiger partial charge is 0.394 e. The molecular weight excluding hydrogens is 456 g/mol. The minimum atomic E-state index is -1.57. The topological polar surface area (TPSA) is 125 Å². The Morgan fingerprint density at radius 3 is 2.38 bits per heavy atom. The van der Waals surface area contributed by atoms with Gasteiger partial charge in [0.2, 0.25) is 0 Å². The molecule has 32 heavy (non-hydrogen) atoms. The maximum Gasteiger partial charge on any atom is 0.279 e. The second-order valence-corrected chi connectivity index (χ2v) is 8.56. The molecule has 8 nitrogen and oxygen atoms in total.